The molecule has 0 radical (unpaired) electrons. The Hall–Kier alpha value is -4.70. The molecule has 0 atom stereocenters. The minimum Gasteiger partial charge on any atom is -0.487 e. The van der Waals surface area contributed by atoms with Crippen LogP contribution < -0.4 is 9.47 Å². The van der Waals surface area contributed by atoms with Crippen molar-refractivity contribution in [1.29, 1.82) is 0 Å². The summed E-state index contributed by atoms with van der Waals surface area (Å²) in [6.45, 7) is 5.43. The van der Waals surface area contributed by atoms with E-state index in [0.717, 1.165) is 57.5 Å². The van der Waals surface area contributed by atoms with Gasteiger partial charge in [-0.1, -0.05) is 93.1 Å². The van der Waals surface area contributed by atoms with Gasteiger partial charge in [0.05, 0.1) is 22.4 Å². The first-order chi connectivity index (χ1) is 20.1. The Morgan fingerprint density at radius 3 is 1.41 bits per heavy atom. The highest BCUT2D eigenvalue weighted by atomic mass is 16.5. The molecular weight excluding hydrogens is 504 g/mol. The molecule has 0 aliphatic carbocycles. The maximum atomic E-state index is 6.09. The zero-order valence-corrected chi connectivity index (χ0v) is 23.6. The van der Waals surface area contributed by atoms with Crippen molar-refractivity contribution in [3.63, 3.8) is 0 Å². The molecule has 0 spiro atoms. The van der Waals surface area contributed by atoms with Crippen molar-refractivity contribution in [2.45, 2.75) is 45.3 Å². The summed E-state index contributed by atoms with van der Waals surface area (Å²) in [5, 5.41) is 2.27. The van der Waals surface area contributed by atoms with Gasteiger partial charge in [-0.2, -0.15) is 0 Å². The van der Waals surface area contributed by atoms with Crippen LogP contribution in [0.2, 0.25) is 0 Å². The third-order valence-corrected chi connectivity index (χ3v) is 7.82. The fourth-order valence-electron chi connectivity index (χ4n) is 5.49. The molecule has 0 amide bonds. The molecule has 41 heavy (non-hydrogen) atoms. The minimum absolute atomic E-state index is 0.119. The molecular formula is C37H34N2O2. The molecule has 0 saturated carbocycles. The highest BCUT2D eigenvalue weighted by Gasteiger charge is 2.28. The van der Waals surface area contributed by atoms with E-state index in [4.69, 9.17) is 19.4 Å². The largest absolute Gasteiger partial charge is 0.487 e. The number of nitrogens with zero attached hydrogens (tertiary/aromatic N) is 2. The van der Waals surface area contributed by atoms with Gasteiger partial charge in [0.1, 0.15) is 24.7 Å². The van der Waals surface area contributed by atoms with Gasteiger partial charge in [-0.25, -0.2) is 9.97 Å². The first-order valence-electron chi connectivity index (χ1n) is 14.3. The monoisotopic (exact) mass is 538 g/mol. The Morgan fingerprint density at radius 2 is 0.976 bits per heavy atom. The summed E-state index contributed by atoms with van der Waals surface area (Å²) in [5.41, 5.74) is 6.23. The summed E-state index contributed by atoms with van der Waals surface area (Å²) in [6.07, 6.45) is 2.11. The number of benzene rings is 4. The van der Waals surface area contributed by atoms with Crippen LogP contribution in [0.1, 0.15) is 49.2 Å². The van der Waals surface area contributed by atoms with Crippen molar-refractivity contribution >= 4 is 21.8 Å². The number of para-hydroxylation sites is 2. The normalized spacial score (nSPS) is 11.6. The van der Waals surface area contributed by atoms with Gasteiger partial charge < -0.3 is 9.47 Å². The maximum absolute atomic E-state index is 6.09. The van der Waals surface area contributed by atoms with Crippen LogP contribution in [0.15, 0.2) is 121 Å². The van der Waals surface area contributed by atoms with E-state index in [0.29, 0.717) is 13.2 Å². The van der Waals surface area contributed by atoms with Crippen LogP contribution in [-0.4, -0.2) is 9.97 Å². The number of rotatable bonds is 10. The standard InChI is InChI=1S/C37H34N2O2/c1-3-24-37(2,29-14-20-33(21-15-29)40-25-31-18-12-27-8-4-6-10-35(27)38-31)30-16-22-34(23-17-30)41-26-32-19-13-28-9-5-7-11-36(28)39-32/h4-23H,3,24-26H2,1-2H3. The average molecular weight is 539 g/mol. The van der Waals surface area contributed by atoms with Crippen molar-refractivity contribution < 1.29 is 9.47 Å². The quantitative estimate of drug-likeness (QED) is 0.174. The lowest BCUT2D eigenvalue weighted by molar-refractivity contribution is 0.301. The topological polar surface area (TPSA) is 44.2 Å². The average Bonchev–Trinajstić information content (AvgIpc) is 3.03. The molecule has 6 rings (SSSR count). The third kappa shape index (κ3) is 5.92. The molecule has 0 unspecified atom stereocenters. The molecule has 2 aromatic heterocycles. The lowest BCUT2D eigenvalue weighted by Crippen LogP contribution is -2.23. The molecule has 0 N–H and O–H groups in total. The van der Waals surface area contributed by atoms with E-state index < -0.39 is 0 Å². The summed E-state index contributed by atoms with van der Waals surface area (Å²) in [4.78, 5) is 9.44. The van der Waals surface area contributed by atoms with Crippen molar-refractivity contribution in [2.24, 2.45) is 0 Å². The predicted octanol–water partition coefficient (Wildman–Crippen LogP) is 9.05. The van der Waals surface area contributed by atoms with Crippen molar-refractivity contribution in [3.8, 4) is 11.5 Å². The highest BCUT2D eigenvalue weighted by Crippen LogP contribution is 2.38. The summed E-state index contributed by atoms with van der Waals surface area (Å²) in [5.74, 6) is 1.68. The van der Waals surface area contributed by atoms with Crippen LogP contribution in [-0.2, 0) is 18.6 Å². The molecule has 0 fully saturated rings. The summed E-state index contributed by atoms with van der Waals surface area (Å²) < 4.78 is 12.2. The van der Waals surface area contributed by atoms with Gasteiger partial charge in [-0.3, -0.25) is 0 Å². The van der Waals surface area contributed by atoms with Gasteiger partial charge in [0.2, 0.25) is 0 Å². The molecule has 2 heterocycles. The first-order valence-corrected chi connectivity index (χ1v) is 14.3. The van der Waals surface area contributed by atoms with Gasteiger partial charge in [-0.05, 0) is 66.1 Å². The van der Waals surface area contributed by atoms with Crippen LogP contribution in [0.25, 0.3) is 21.8 Å². The molecule has 204 valence electrons. The van der Waals surface area contributed by atoms with Gasteiger partial charge in [-0.15, -0.1) is 0 Å². The first kappa shape index (κ1) is 26.5. The Labute approximate surface area is 241 Å². The van der Waals surface area contributed by atoms with E-state index in [1.807, 2.05) is 48.5 Å². The third-order valence-electron chi connectivity index (χ3n) is 7.82. The van der Waals surface area contributed by atoms with E-state index in [9.17, 15) is 0 Å². The molecule has 4 nitrogen and oxygen atoms in total. The van der Waals surface area contributed by atoms with E-state index in [2.05, 4.69) is 86.6 Å². The number of aromatic nitrogens is 2. The van der Waals surface area contributed by atoms with Crippen LogP contribution in [0, 0.1) is 0 Å². The van der Waals surface area contributed by atoms with Crippen LogP contribution in [0.5, 0.6) is 11.5 Å². The second-order valence-corrected chi connectivity index (χ2v) is 10.7. The van der Waals surface area contributed by atoms with E-state index >= 15 is 0 Å². The van der Waals surface area contributed by atoms with Crippen molar-refractivity contribution in [3.05, 3.63) is 144 Å². The van der Waals surface area contributed by atoms with Gasteiger partial charge in [0.25, 0.3) is 0 Å². The molecule has 4 heteroatoms. The lowest BCUT2D eigenvalue weighted by atomic mass is 9.73. The predicted molar refractivity (Wildman–Crippen MR) is 166 cm³/mol. The Bertz CT molecular complexity index is 1630. The molecule has 0 aliphatic heterocycles. The van der Waals surface area contributed by atoms with E-state index in [-0.39, 0.29) is 5.41 Å². The van der Waals surface area contributed by atoms with Crippen LogP contribution in [0.3, 0.4) is 0 Å². The van der Waals surface area contributed by atoms with Crippen LogP contribution >= 0.6 is 0 Å². The summed E-state index contributed by atoms with van der Waals surface area (Å²) >= 11 is 0. The fraction of sp³-hybridized carbons (Fsp3) is 0.189. The number of ether oxygens (including phenoxy) is 2. The van der Waals surface area contributed by atoms with E-state index in [1.54, 1.807) is 0 Å². The van der Waals surface area contributed by atoms with Gasteiger partial charge >= 0.3 is 0 Å². The smallest absolute Gasteiger partial charge is 0.130 e. The lowest BCUT2D eigenvalue weighted by Gasteiger charge is -2.31. The van der Waals surface area contributed by atoms with Crippen molar-refractivity contribution in [2.75, 3.05) is 0 Å². The zero-order valence-electron chi connectivity index (χ0n) is 23.6. The minimum atomic E-state index is -0.119. The zero-order chi connectivity index (χ0) is 28.1. The van der Waals surface area contributed by atoms with Gasteiger partial charge in [0.15, 0.2) is 0 Å². The van der Waals surface area contributed by atoms with E-state index in [1.165, 1.54) is 11.1 Å². The Balaban J connectivity index is 1.12. The van der Waals surface area contributed by atoms with Crippen molar-refractivity contribution in [1.82, 2.24) is 9.97 Å². The molecule has 6 aromatic rings. The Kier molecular flexibility index (Phi) is 7.64. The number of hydrogen-bond acceptors (Lipinski definition) is 4. The highest BCUT2D eigenvalue weighted by molar-refractivity contribution is 5.79. The molecule has 0 saturated heterocycles. The molecule has 0 aliphatic rings. The van der Waals surface area contributed by atoms with Crippen LogP contribution in [0.4, 0.5) is 0 Å². The molecule has 0 bridgehead atoms. The number of hydrogen-bond donors (Lipinski definition) is 0. The fourth-order valence-corrected chi connectivity index (χ4v) is 5.49. The SMILES string of the molecule is CCCC(C)(c1ccc(OCc2ccc3ccccc3n2)cc1)c1ccc(OCc2ccc3ccccc3n2)cc1. The second kappa shape index (κ2) is 11.8. The van der Waals surface area contributed by atoms with Gasteiger partial charge in [0, 0.05) is 16.2 Å². The number of pyridine rings is 2. The summed E-state index contributed by atoms with van der Waals surface area (Å²) in [7, 11) is 0. The number of fused-ring (bicyclic) bond motifs is 2. The molecule has 4 aromatic carbocycles. The summed E-state index contributed by atoms with van der Waals surface area (Å²) in [6, 6.07) is 41.6. The Morgan fingerprint density at radius 1 is 0.537 bits per heavy atom. The maximum Gasteiger partial charge on any atom is 0.130 e. The second-order valence-electron chi connectivity index (χ2n) is 10.7.